The molecule has 39 heavy (non-hydrogen) atoms. The molecule has 2 atom stereocenters. The van der Waals surface area contributed by atoms with Gasteiger partial charge in [0.05, 0.1) is 36.0 Å². The molecule has 2 N–H and O–H groups in total. The second-order valence-corrected chi connectivity index (χ2v) is 11.1. The monoisotopic (exact) mass is 565 g/mol. The molecule has 2 heterocycles. The van der Waals surface area contributed by atoms with Crippen molar-refractivity contribution in [2.75, 3.05) is 50.7 Å². The van der Waals surface area contributed by atoms with Crippen LogP contribution in [-0.4, -0.2) is 75.4 Å². The molecular formula is C26H27F4N5O3S. The number of halogens is 4. The first-order valence-electron chi connectivity index (χ1n) is 11.9. The van der Waals surface area contributed by atoms with Gasteiger partial charge in [0.15, 0.2) is 9.84 Å². The van der Waals surface area contributed by atoms with Crippen molar-refractivity contribution in [2.45, 2.75) is 23.5 Å². The molecule has 208 valence electrons. The second kappa shape index (κ2) is 11.5. The minimum atomic E-state index is -3.44. The first-order chi connectivity index (χ1) is 18.5. The fraction of sp³-hybridized carbons (Fsp3) is 0.346. The van der Waals surface area contributed by atoms with Crippen LogP contribution >= 0.6 is 0 Å². The van der Waals surface area contributed by atoms with Gasteiger partial charge >= 0.3 is 6.08 Å². The third-order valence-electron chi connectivity index (χ3n) is 6.32. The van der Waals surface area contributed by atoms with Crippen molar-refractivity contribution in [1.82, 2.24) is 14.7 Å². The summed E-state index contributed by atoms with van der Waals surface area (Å²) in [4.78, 5) is 1.95. The van der Waals surface area contributed by atoms with Crippen molar-refractivity contribution >= 4 is 37.9 Å². The van der Waals surface area contributed by atoms with Gasteiger partial charge in [-0.15, -0.1) is 0 Å². The molecule has 0 amide bonds. The average molecular weight is 566 g/mol. The molecule has 1 aliphatic rings. The first kappa shape index (κ1) is 28.3. The molecular weight excluding hydrogens is 538 g/mol. The van der Waals surface area contributed by atoms with Crippen molar-refractivity contribution in [2.24, 2.45) is 0 Å². The van der Waals surface area contributed by atoms with E-state index in [-0.39, 0.29) is 34.6 Å². The van der Waals surface area contributed by atoms with E-state index in [9.17, 15) is 26.0 Å². The smallest absolute Gasteiger partial charge is 0.308 e. The number of rotatable bonds is 7. The zero-order valence-corrected chi connectivity index (χ0v) is 22.3. The highest BCUT2D eigenvalue weighted by molar-refractivity contribution is 7.90. The van der Waals surface area contributed by atoms with Gasteiger partial charge in [0.1, 0.15) is 23.1 Å². The van der Waals surface area contributed by atoms with E-state index in [4.69, 9.17) is 4.74 Å². The number of aromatic nitrogens is 2. The number of hydrogen-bond acceptors (Lipinski definition) is 7. The minimum Gasteiger partial charge on any atom is -0.495 e. The zero-order valence-electron chi connectivity index (χ0n) is 21.4. The van der Waals surface area contributed by atoms with Crippen LogP contribution < -0.4 is 15.4 Å². The number of alkyl halides is 1. The number of methoxy groups -OCH3 is 1. The van der Waals surface area contributed by atoms with Gasteiger partial charge in [-0.25, -0.2) is 12.8 Å². The van der Waals surface area contributed by atoms with Gasteiger partial charge in [-0.3, -0.25) is 0 Å². The molecule has 2 aromatic carbocycles. The number of hydrogen-bond donors (Lipinski definition) is 2. The fourth-order valence-corrected chi connectivity index (χ4v) is 4.96. The van der Waals surface area contributed by atoms with E-state index in [0.29, 0.717) is 24.3 Å². The van der Waals surface area contributed by atoms with E-state index in [2.05, 4.69) is 27.7 Å². The highest BCUT2D eigenvalue weighted by Gasteiger charge is 2.29. The number of piperidine rings is 1. The number of nitrogens with zero attached hydrogens (tertiary/aromatic N) is 3. The van der Waals surface area contributed by atoms with Crippen LogP contribution in [0.25, 0.3) is 16.7 Å². The molecule has 0 saturated carbocycles. The van der Waals surface area contributed by atoms with Gasteiger partial charge in [0, 0.05) is 36.8 Å². The Labute approximate surface area is 223 Å². The van der Waals surface area contributed by atoms with Gasteiger partial charge in [-0.1, -0.05) is 18.1 Å². The Morgan fingerprint density at radius 2 is 1.97 bits per heavy atom. The van der Waals surface area contributed by atoms with Crippen LogP contribution in [0.15, 0.2) is 47.4 Å². The fourth-order valence-electron chi connectivity index (χ4n) is 4.33. The standard InChI is InChI=1S/C26H27F4N5O3S/c1-34-13-10-19(18(27)15-34)32-21-7-4-6-17-24(21)33-35(25(17)23(28)26(29)30)12-5-11-31-20-9-8-16(39(3,36)37)14-22(20)38-2/h4,6-9,14,18-19,31-32H,10-11,13,15H2,1-3H3/t18-,19+/m0/s1. The van der Waals surface area contributed by atoms with Gasteiger partial charge < -0.3 is 20.3 Å². The predicted octanol–water partition coefficient (Wildman–Crippen LogP) is 4.36. The highest BCUT2D eigenvalue weighted by Crippen LogP contribution is 2.33. The summed E-state index contributed by atoms with van der Waals surface area (Å²) in [5, 5.41) is 10.4. The van der Waals surface area contributed by atoms with E-state index in [1.54, 1.807) is 12.1 Å². The molecule has 0 aliphatic carbocycles. The number of benzene rings is 2. The quantitative estimate of drug-likeness (QED) is 0.325. The van der Waals surface area contributed by atoms with E-state index in [1.165, 1.54) is 31.4 Å². The highest BCUT2D eigenvalue weighted by atomic mass is 32.2. The Balaban J connectivity index is 1.64. The summed E-state index contributed by atoms with van der Waals surface area (Å²) in [6.45, 7) is 0.897. The van der Waals surface area contributed by atoms with Gasteiger partial charge in [-0.05, 0) is 31.7 Å². The third kappa shape index (κ3) is 6.29. The summed E-state index contributed by atoms with van der Waals surface area (Å²) in [5.74, 6) is 1.19. The molecule has 0 radical (unpaired) electrons. The lowest BCUT2D eigenvalue weighted by atomic mass is 10.0. The summed E-state index contributed by atoms with van der Waals surface area (Å²) in [7, 11) is -0.238. The molecule has 1 saturated heterocycles. The number of ether oxygens (including phenoxy) is 1. The summed E-state index contributed by atoms with van der Waals surface area (Å²) < 4.78 is 85.6. The molecule has 8 nitrogen and oxygen atoms in total. The summed E-state index contributed by atoms with van der Waals surface area (Å²) in [6.07, 6.45) is -2.08. The van der Waals surface area contributed by atoms with Crippen LogP contribution in [-0.2, 0) is 9.84 Å². The Morgan fingerprint density at radius 3 is 2.64 bits per heavy atom. The van der Waals surface area contributed by atoms with Crippen molar-refractivity contribution in [3.8, 4) is 17.7 Å². The normalized spacial score (nSPS) is 17.8. The van der Waals surface area contributed by atoms with Gasteiger partial charge in [-0.2, -0.15) is 23.0 Å². The largest absolute Gasteiger partial charge is 0.495 e. The second-order valence-electron chi connectivity index (χ2n) is 9.13. The Bertz CT molecular complexity index is 1580. The molecule has 13 heteroatoms. The molecule has 0 spiro atoms. The Hall–Kier alpha value is -3.76. The zero-order chi connectivity index (χ0) is 28.3. The van der Waals surface area contributed by atoms with Gasteiger partial charge in [0.2, 0.25) is 5.83 Å². The van der Waals surface area contributed by atoms with Crippen LogP contribution in [0.2, 0.25) is 0 Å². The van der Waals surface area contributed by atoms with Crippen molar-refractivity contribution in [1.29, 1.82) is 0 Å². The topological polar surface area (TPSA) is 88.5 Å². The number of nitrogens with one attached hydrogen (secondary N) is 2. The Kier molecular flexibility index (Phi) is 8.36. The summed E-state index contributed by atoms with van der Waals surface area (Å²) >= 11 is 0. The number of anilines is 2. The lowest BCUT2D eigenvalue weighted by molar-refractivity contribution is 0.149. The van der Waals surface area contributed by atoms with Crippen molar-refractivity contribution in [3.63, 3.8) is 0 Å². The predicted molar refractivity (Wildman–Crippen MR) is 142 cm³/mol. The number of sulfone groups is 1. The van der Waals surface area contributed by atoms with Crippen LogP contribution in [0, 0.1) is 12.0 Å². The maximum Gasteiger partial charge on any atom is 0.308 e. The van der Waals surface area contributed by atoms with Crippen LogP contribution in [0.5, 0.6) is 5.75 Å². The lowest BCUT2D eigenvalue weighted by Crippen LogP contribution is -2.46. The molecule has 4 rings (SSSR count). The molecule has 0 bridgehead atoms. The lowest BCUT2D eigenvalue weighted by Gasteiger charge is -2.33. The summed E-state index contributed by atoms with van der Waals surface area (Å²) in [5.41, 5.74) is 0.482. The van der Waals surface area contributed by atoms with E-state index in [0.717, 1.165) is 10.9 Å². The number of fused-ring (bicyclic) bond motifs is 1. The molecule has 1 aromatic heterocycles. The number of likely N-dealkylation sites (tertiary alicyclic amines) is 1. The molecule has 3 aromatic rings. The minimum absolute atomic E-state index is 0.0299. The van der Waals surface area contributed by atoms with Crippen LogP contribution in [0.3, 0.4) is 0 Å². The third-order valence-corrected chi connectivity index (χ3v) is 7.43. The molecule has 1 fully saturated rings. The SMILES string of the molecule is COc1cc(S(C)(=O)=O)ccc1NCC#Cn1nc2c(N[C@@H]3CCN(C)C[C@@H]3F)cccc2c1C(F)=C(F)F. The Morgan fingerprint density at radius 1 is 1.21 bits per heavy atom. The van der Waals surface area contributed by atoms with Crippen LogP contribution in [0.1, 0.15) is 12.1 Å². The van der Waals surface area contributed by atoms with Crippen molar-refractivity contribution in [3.05, 3.63) is 48.2 Å². The maximum absolute atomic E-state index is 14.6. The van der Waals surface area contributed by atoms with Gasteiger partial charge in [0.25, 0.3) is 0 Å². The molecule has 0 unspecified atom stereocenters. The first-order valence-corrected chi connectivity index (χ1v) is 13.8. The maximum atomic E-state index is 14.6. The average Bonchev–Trinajstić information content (AvgIpc) is 3.26. The van der Waals surface area contributed by atoms with E-state index < -0.39 is 39.7 Å². The summed E-state index contributed by atoms with van der Waals surface area (Å²) in [6, 6.07) is 10.9. The van der Waals surface area contributed by atoms with Crippen LogP contribution in [0.4, 0.5) is 28.9 Å². The van der Waals surface area contributed by atoms with E-state index in [1.807, 2.05) is 11.9 Å². The van der Waals surface area contributed by atoms with E-state index >= 15 is 0 Å². The van der Waals surface area contributed by atoms with Crippen molar-refractivity contribution < 1.29 is 30.7 Å². The molecule has 1 aliphatic heterocycles.